The number of hydrogen-bond donors (Lipinski definition) is 0. The number of para-hydroxylation sites is 1. The summed E-state index contributed by atoms with van der Waals surface area (Å²) < 4.78 is 13.0. The van der Waals surface area contributed by atoms with E-state index >= 15 is 0 Å². The molecule has 0 amide bonds. The van der Waals surface area contributed by atoms with Crippen molar-refractivity contribution in [1.29, 1.82) is 0 Å². The van der Waals surface area contributed by atoms with Crippen LogP contribution in [0.5, 0.6) is 11.5 Å². The van der Waals surface area contributed by atoms with E-state index in [2.05, 4.69) is 60.2 Å². The van der Waals surface area contributed by atoms with Crippen LogP contribution in [0.3, 0.4) is 0 Å². The molecule has 1 aliphatic heterocycles. The van der Waals surface area contributed by atoms with Crippen LogP contribution in [-0.4, -0.2) is 6.79 Å². The highest BCUT2D eigenvalue weighted by Crippen LogP contribution is 2.33. The van der Waals surface area contributed by atoms with Gasteiger partial charge >= 0.3 is 0 Å². The summed E-state index contributed by atoms with van der Waals surface area (Å²) in [5.41, 5.74) is 3.57. The van der Waals surface area contributed by atoms with Gasteiger partial charge in [0, 0.05) is 12.1 Å². The number of aryl methyl sites for hydroxylation is 1. The molecule has 3 nitrogen and oxygen atoms in total. The maximum Gasteiger partial charge on any atom is 0.231 e. The Hall–Kier alpha value is -2.08. The van der Waals surface area contributed by atoms with Crippen molar-refractivity contribution in [2.45, 2.75) is 13.5 Å². The van der Waals surface area contributed by atoms with Crippen LogP contribution in [0.15, 0.2) is 54.7 Å². The van der Waals surface area contributed by atoms with Gasteiger partial charge in [0.2, 0.25) is 12.3 Å². The lowest BCUT2D eigenvalue weighted by atomic mass is 10.1. The summed E-state index contributed by atoms with van der Waals surface area (Å²) in [7, 11) is 0. The van der Waals surface area contributed by atoms with Crippen molar-refractivity contribution in [3.05, 3.63) is 65.9 Å². The van der Waals surface area contributed by atoms with E-state index < -0.39 is 0 Å². The number of fused-ring (bicyclic) bond motifs is 2. The summed E-state index contributed by atoms with van der Waals surface area (Å²) >= 11 is 0. The Bertz CT molecular complexity index is 905. The fourth-order valence-electron chi connectivity index (χ4n) is 2.93. The summed E-state index contributed by atoms with van der Waals surface area (Å²) in [6.45, 7) is 3.43. The number of ether oxygens (including phenoxy) is 2. The maximum atomic E-state index is 5.43. The highest BCUT2D eigenvalue weighted by molar-refractivity contribution is 5.88. The minimum atomic E-state index is 0. The van der Waals surface area contributed by atoms with E-state index in [4.69, 9.17) is 9.47 Å². The van der Waals surface area contributed by atoms with Gasteiger partial charge in [-0.05, 0) is 36.2 Å². The normalized spacial score (nSPS) is 12.5. The van der Waals surface area contributed by atoms with E-state index in [9.17, 15) is 0 Å². The molecule has 0 bridgehead atoms. The first kappa shape index (κ1) is 16.8. The van der Waals surface area contributed by atoms with Crippen LogP contribution >= 0.6 is 0 Å². The average molecular weight is 431 g/mol. The summed E-state index contributed by atoms with van der Waals surface area (Å²) in [5.74, 6) is 1.63. The minimum Gasteiger partial charge on any atom is -1.00 e. The first-order valence-electron chi connectivity index (χ1n) is 7.84. The molecule has 4 heteroatoms. The first-order valence-corrected chi connectivity index (χ1v) is 7.84. The standard InChI is InChI=1S/C20H18NO2.HI/c1-2-21-12-11-16(17-5-3-4-6-18(17)21)9-7-15-8-10-19-20(13-15)23-14-22-19;/h3-13H,2,14H2,1H3;1H/q+1;/p-1/b9-7+;. The van der Waals surface area contributed by atoms with Gasteiger partial charge in [-0.15, -0.1) is 0 Å². The van der Waals surface area contributed by atoms with Gasteiger partial charge in [0.05, 0.1) is 5.39 Å². The highest BCUT2D eigenvalue weighted by atomic mass is 127. The Morgan fingerprint density at radius 3 is 2.71 bits per heavy atom. The van der Waals surface area contributed by atoms with Crippen molar-refractivity contribution in [3.63, 3.8) is 0 Å². The quantitative estimate of drug-likeness (QED) is 0.457. The summed E-state index contributed by atoms with van der Waals surface area (Å²) in [6.07, 6.45) is 6.40. The van der Waals surface area contributed by atoms with Gasteiger partial charge in [-0.2, -0.15) is 4.57 Å². The molecule has 4 rings (SSSR count). The molecule has 0 radical (unpaired) electrons. The zero-order valence-corrected chi connectivity index (χ0v) is 15.6. The number of benzene rings is 2. The SMILES string of the molecule is CC[n+]1ccc(/C=C/c2ccc3c(c2)OCO3)c2ccccc21.[I-]. The van der Waals surface area contributed by atoms with Crippen molar-refractivity contribution >= 4 is 23.1 Å². The third-order valence-electron chi connectivity index (χ3n) is 4.15. The first-order chi connectivity index (χ1) is 11.3. The molecule has 0 saturated heterocycles. The molecule has 0 atom stereocenters. The number of hydrogen-bond acceptors (Lipinski definition) is 2. The summed E-state index contributed by atoms with van der Waals surface area (Å²) in [6, 6.07) is 16.7. The Morgan fingerprint density at radius 1 is 1.00 bits per heavy atom. The number of nitrogens with zero attached hydrogens (tertiary/aromatic N) is 1. The van der Waals surface area contributed by atoms with Crippen LogP contribution in [0, 0.1) is 0 Å². The van der Waals surface area contributed by atoms with Gasteiger partial charge in [-0.25, -0.2) is 0 Å². The van der Waals surface area contributed by atoms with Gasteiger partial charge in [0.25, 0.3) is 0 Å². The Kier molecular flexibility index (Phi) is 5.04. The van der Waals surface area contributed by atoms with Gasteiger partial charge in [-0.3, -0.25) is 0 Å². The molecule has 2 aromatic carbocycles. The van der Waals surface area contributed by atoms with Crippen LogP contribution in [0.2, 0.25) is 0 Å². The molecule has 122 valence electrons. The molecule has 0 N–H and O–H groups in total. The molecule has 2 heterocycles. The predicted octanol–water partition coefficient (Wildman–Crippen LogP) is 1.05. The summed E-state index contributed by atoms with van der Waals surface area (Å²) in [4.78, 5) is 0. The van der Waals surface area contributed by atoms with E-state index in [-0.39, 0.29) is 24.0 Å². The summed E-state index contributed by atoms with van der Waals surface area (Å²) in [5, 5.41) is 1.26. The fourth-order valence-corrected chi connectivity index (χ4v) is 2.93. The van der Waals surface area contributed by atoms with Gasteiger partial charge in [-0.1, -0.05) is 30.4 Å². The molecular formula is C20H18INO2. The molecule has 0 fully saturated rings. The fraction of sp³-hybridized carbons (Fsp3) is 0.150. The van der Waals surface area contributed by atoms with E-state index in [0.717, 1.165) is 23.6 Å². The topological polar surface area (TPSA) is 22.3 Å². The molecule has 3 aromatic rings. The molecule has 24 heavy (non-hydrogen) atoms. The van der Waals surface area contributed by atoms with Crippen LogP contribution in [-0.2, 0) is 6.54 Å². The lowest BCUT2D eigenvalue weighted by Gasteiger charge is -2.03. The highest BCUT2D eigenvalue weighted by Gasteiger charge is 2.12. The Labute approximate surface area is 158 Å². The molecule has 0 spiro atoms. The second-order valence-electron chi connectivity index (χ2n) is 5.52. The molecular weight excluding hydrogens is 413 g/mol. The lowest BCUT2D eigenvalue weighted by Crippen LogP contribution is -3.00. The molecule has 1 aliphatic rings. The van der Waals surface area contributed by atoms with Gasteiger partial charge < -0.3 is 33.5 Å². The largest absolute Gasteiger partial charge is 1.00 e. The second-order valence-corrected chi connectivity index (χ2v) is 5.52. The van der Waals surface area contributed by atoms with Gasteiger partial charge in [0.1, 0.15) is 6.54 Å². The predicted molar refractivity (Wildman–Crippen MR) is 91.3 cm³/mol. The van der Waals surface area contributed by atoms with Crippen LogP contribution < -0.4 is 38.0 Å². The molecule has 0 saturated carbocycles. The van der Waals surface area contributed by atoms with E-state index in [0.29, 0.717) is 6.79 Å². The van der Waals surface area contributed by atoms with Crippen molar-refractivity contribution < 1.29 is 38.0 Å². The van der Waals surface area contributed by atoms with E-state index in [1.807, 2.05) is 18.2 Å². The average Bonchev–Trinajstić information content (AvgIpc) is 3.07. The number of halogens is 1. The van der Waals surface area contributed by atoms with Crippen LogP contribution in [0.1, 0.15) is 18.1 Å². The lowest BCUT2D eigenvalue weighted by molar-refractivity contribution is -0.667. The van der Waals surface area contributed by atoms with E-state index in [1.54, 1.807) is 0 Å². The monoisotopic (exact) mass is 431 g/mol. The zero-order chi connectivity index (χ0) is 15.6. The number of pyridine rings is 1. The number of rotatable bonds is 3. The maximum absolute atomic E-state index is 5.43. The molecule has 0 aliphatic carbocycles. The smallest absolute Gasteiger partial charge is 0.231 e. The van der Waals surface area contributed by atoms with E-state index in [1.165, 1.54) is 16.5 Å². The third-order valence-corrected chi connectivity index (χ3v) is 4.15. The van der Waals surface area contributed by atoms with Crippen LogP contribution in [0.25, 0.3) is 23.1 Å². The molecule has 1 aromatic heterocycles. The number of aromatic nitrogens is 1. The molecule has 0 unspecified atom stereocenters. The second kappa shape index (κ2) is 7.21. The van der Waals surface area contributed by atoms with Crippen molar-refractivity contribution in [2.75, 3.05) is 6.79 Å². The van der Waals surface area contributed by atoms with Crippen LogP contribution in [0.4, 0.5) is 0 Å². The Balaban J connectivity index is 0.00000169. The van der Waals surface area contributed by atoms with Crippen molar-refractivity contribution in [2.24, 2.45) is 0 Å². The van der Waals surface area contributed by atoms with Crippen molar-refractivity contribution in [1.82, 2.24) is 0 Å². The minimum absolute atomic E-state index is 0. The third kappa shape index (κ3) is 3.11. The zero-order valence-electron chi connectivity index (χ0n) is 13.4. The van der Waals surface area contributed by atoms with Gasteiger partial charge in [0.15, 0.2) is 17.7 Å². The Morgan fingerprint density at radius 2 is 1.83 bits per heavy atom. The van der Waals surface area contributed by atoms with Crippen molar-refractivity contribution in [3.8, 4) is 11.5 Å².